The van der Waals surface area contributed by atoms with E-state index in [1.165, 1.54) is 12.1 Å². The van der Waals surface area contributed by atoms with Gasteiger partial charge < -0.3 is 0 Å². The maximum atomic E-state index is 12.5. The third kappa shape index (κ3) is 6.52. The summed E-state index contributed by atoms with van der Waals surface area (Å²) in [5, 5.41) is 9.90. The van der Waals surface area contributed by atoms with Gasteiger partial charge in [0.05, 0.1) is 0 Å². The van der Waals surface area contributed by atoms with E-state index in [1.807, 2.05) is 30.3 Å². The minimum absolute atomic E-state index is 0.236. The predicted octanol–water partition coefficient (Wildman–Crippen LogP) is 3.03. The van der Waals surface area contributed by atoms with Gasteiger partial charge in [0.15, 0.2) is 0 Å². The quantitative estimate of drug-likeness (QED) is 0.675. The molecule has 0 saturated heterocycles. The van der Waals surface area contributed by atoms with E-state index < -0.39 is 38.8 Å². The standard InChI is InChI=1S/C17H17F3O2Te/c18-17(19,20)14-6-8-16(9-7-14)23-12-15(21)11-22-10-13-4-2-1-3-5-13/h1-9,15,21H,10-12H2. The van der Waals surface area contributed by atoms with Crippen LogP contribution in [0.5, 0.6) is 0 Å². The molecule has 2 aromatic carbocycles. The molecule has 1 N–H and O–H groups in total. The van der Waals surface area contributed by atoms with Crippen LogP contribution in [0.4, 0.5) is 13.2 Å². The molecule has 0 saturated carbocycles. The summed E-state index contributed by atoms with van der Waals surface area (Å²) in [5.74, 6) is 0. The molecule has 0 radical (unpaired) electrons. The molecular weight excluding hydrogens is 421 g/mol. The minimum atomic E-state index is -4.30. The van der Waals surface area contributed by atoms with Crippen LogP contribution in [0.15, 0.2) is 54.6 Å². The summed E-state index contributed by atoms with van der Waals surface area (Å²) >= 11 is -0.723. The Hall–Kier alpha value is -1.06. The summed E-state index contributed by atoms with van der Waals surface area (Å²) in [6.45, 7) is 0.680. The predicted molar refractivity (Wildman–Crippen MR) is 83.7 cm³/mol. The van der Waals surface area contributed by atoms with Crippen molar-refractivity contribution >= 4 is 24.5 Å². The molecule has 0 fully saturated rings. The molecule has 23 heavy (non-hydrogen) atoms. The second-order valence-electron chi connectivity index (χ2n) is 4.99. The monoisotopic (exact) mass is 440 g/mol. The van der Waals surface area contributed by atoms with Crippen molar-refractivity contribution in [3.05, 3.63) is 65.7 Å². The summed E-state index contributed by atoms with van der Waals surface area (Å²) in [5.41, 5.74) is 0.402. The van der Waals surface area contributed by atoms with E-state index in [1.54, 1.807) is 0 Å². The Morgan fingerprint density at radius 2 is 1.65 bits per heavy atom. The second kappa shape index (κ2) is 8.70. The van der Waals surface area contributed by atoms with Gasteiger partial charge in [-0.05, 0) is 0 Å². The molecule has 0 aromatic heterocycles. The van der Waals surface area contributed by atoms with Crippen LogP contribution in [0.25, 0.3) is 0 Å². The summed E-state index contributed by atoms with van der Waals surface area (Å²) in [6.07, 6.45) is -4.88. The molecule has 0 spiro atoms. The summed E-state index contributed by atoms with van der Waals surface area (Å²) < 4.78 is 44.3. The Bertz CT molecular complexity index is 585. The molecule has 0 aliphatic heterocycles. The van der Waals surface area contributed by atoms with Gasteiger partial charge in [-0.25, -0.2) is 0 Å². The molecule has 6 heteroatoms. The second-order valence-corrected chi connectivity index (χ2v) is 8.11. The Morgan fingerprint density at radius 3 is 2.26 bits per heavy atom. The van der Waals surface area contributed by atoms with Crippen LogP contribution in [-0.4, -0.2) is 38.7 Å². The molecule has 124 valence electrons. The van der Waals surface area contributed by atoms with Crippen molar-refractivity contribution in [2.75, 3.05) is 6.61 Å². The van der Waals surface area contributed by atoms with Crippen molar-refractivity contribution in [3.63, 3.8) is 0 Å². The molecule has 0 amide bonds. The first-order valence-corrected chi connectivity index (χ1v) is 9.86. The van der Waals surface area contributed by atoms with Gasteiger partial charge in [-0.2, -0.15) is 0 Å². The zero-order valence-corrected chi connectivity index (χ0v) is 14.6. The van der Waals surface area contributed by atoms with Crippen LogP contribution < -0.4 is 3.61 Å². The number of ether oxygens (including phenoxy) is 1. The topological polar surface area (TPSA) is 29.5 Å². The van der Waals surface area contributed by atoms with Crippen LogP contribution in [-0.2, 0) is 17.5 Å². The Balaban J connectivity index is 1.71. The van der Waals surface area contributed by atoms with E-state index in [0.717, 1.165) is 21.3 Å². The summed E-state index contributed by atoms with van der Waals surface area (Å²) in [7, 11) is 0. The third-order valence-electron chi connectivity index (χ3n) is 3.05. The van der Waals surface area contributed by atoms with Gasteiger partial charge in [0.25, 0.3) is 0 Å². The summed E-state index contributed by atoms with van der Waals surface area (Å²) in [6, 6.07) is 14.9. The first-order valence-electron chi connectivity index (χ1n) is 7.05. The van der Waals surface area contributed by atoms with Crippen molar-refractivity contribution in [1.29, 1.82) is 0 Å². The molecule has 2 nitrogen and oxygen atoms in total. The van der Waals surface area contributed by atoms with Gasteiger partial charge in [0, 0.05) is 0 Å². The Kier molecular flexibility index (Phi) is 6.91. The number of alkyl halides is 3. The van der Waals surface area contributed by atoms with Crippen molar-refractivity contribution in [2.45, 2.75) is 23.4 Å². The number of halogens is 3. The molecule has 0 aliphatic carbocycles. The fourth-order valence-corrected chi connectivity index (χ4v) is 4.18. The SMILES string of the molecule is OC(COCc1ccccc1)C[Te]c1ccc(C(F)(F)F)cc1. The van der Waals surface area contributed by atoms with E-state index in [-0.39, 0.29) is 6.61 Å². The van der Waals surface area contributed by atoms with E-state index in [0.29, 0.717) is 11.1 Å². The first-order chi connectivity index (χ1) is 10.9. The van der Waals surface area contributed by atoms with Crippen LogP contribution in [0, 0.1) is 0 Å². The summed E-state index contributed by atoms with van der Waals surface area (Å²) in [4.78, 5) is 0. The van der Waals surface area contributed by atoms with Gasteiger partial charge >= 0.3 is 143 Å². The number of aliphatic hydroxyl groups excluding tert-OH is 1. The van der Waals surface area contributed by atoms with Gasteiger partial charge in [-0.3, -0.25) is 0 Å². The molecule has 0 bridgehead atoms. The number of hydrogen-bond acceptors (Lipinski definition) is 2. The molecule has 1 atom stereocenters. The molecule has 0 aliphatic rings. The first kappa shape index (κ1) is 18.3. The van der Waals surface area contributed by atoms with E-state index in [4.69, 9.17) is 4.74 Å². The fraction of sp³-hybridized carbons (Fsp3) is 0.294. The van der Waals surface area contributed by atoms with E-state index >= 15 is 0 Å². The van der Waals surface area contributed by atoms with E-state index in [9.17, 15) is 18.3 Å². The van der Waals surface area contributed by atoms with Gasteiger partial charge in [0.2, 0.25) is 0 Å². The fourth-order valence-electron chi connectivity index (χ4n) is 1.87. The van der Waals surface area contributed by atoms with E-state index in [2.05, 4.69) is 0 Å². The Morgan fingerprint density at radius 1 is 1.00 bits per heavy atom. The average Bonchev–Trinajstić information content (AvgIpc) is 2.53. The normalized spacial score (nSPS) is 13.0. The molecular formula is C17H17F3O2Te. The van der Waals surface area contributed by atoms with Crippen molar-refractivity contribution < 1.29 is 23.0 Å². The zero-order valence-electron chi connectivity index (χ0n) is 12.3. The number of aliphatic hydroxyl groups is 1. The number of hydrogen-bond donors (Lipinski definition) is 1. The van der Waals surface area contributed by atoms with Gasteiger partial charge in [-0.15, -0.1) is 0 Å². The van der Waals surface area contributed by atoms with Crippen molar-refractivity contribution in [1.82, 2.24) is 0 Å². The van der Waals surface area contributed by atoms with Crippen LogP contribution in [0.1, 0.15) is 11.1 Å². The number of benzene rings is 2. The van der Waals surface area contributed by atoms with Crippen LogP contribution in [0.3, 0.4) is 0 Å². The molecule has 1 unspecified atom stereocenters. The molecule has 2 rings (SSSR count). The zero-order chi connectivity index (χ0) is 16.7. The van der Waals surface area contributed by atoms with Gasteiger partial charge in [0.1, 0.15) is 0 Å². The molecule has 2 aromatic rings. The average molecular weight is 438 g/mol. The Labute approximate surface area is 143 Å². The van der Waals surface area contributed by atoms with Crippen molar-refractivity contribution in [2.24, 2.45) is 0 Å². The molecule has 0 heterocycles. The van der Waals surface area contributed by atoms with Gasteiger partial charge in [-0.1, -0.05) is 0 Å². The van der Waals surface area contributed by atoms with Crippen LogP contribution >= 0.6 is 0 Å². The third-order valence-corrected chi connectivity index (χ3v) is 6.35. The van der Waals surface area contributed by atoms with Crippen LogP contribution in [0.2, 0.25) is 4.47 Å². The van der Waals surface area contributed by atoms with Crippen molar-refractivity contribution in [3.8, 4) is 0 Å². The number of rotatable bonds is 7. The maximum absolute atomic E-state index is 12.5.